The fourth-order valence-corrected chi connectivity index (χ4v) is 4.08. The highest BCUT2D eigenvalue weighted by molar-refractivity contribution is 6.46. The van der Waals surface area contributed by atoms with Gasteiger partial charge in [0, 0.05) is 41.9 Å². The van der Waals surface area contributed by atoms with Crippen molar-refractivity contribution >= 4 is 28.4 Å². The molecule has 166 valence electrons. The number of nitrogens with one attached hydrogen (secondary N) is 1. The largest absolute Gasteiger partial charge is 0.507 e. The molecule has 8 heteroatoms. The number of likely N-dealkylation sites (tertiary alicyclic amines) is 1. The molecule has 0 saturated carbocycles. The van der Waals surface area contributed by atoms with Crippen LogP contribution in [-0.2, 0) is 14.3 Å². The number of amides is 1. The minimum atomic E-state index is -0.769. The van der Waals surface area contributed by atoms with Gasteiger partial charge in [0.2, 0.25) is 0 Å². The van der Waals surface area contributed by atoms with Crippen LogP contribution < -0.4 is 9.47 Å². The fraction of sp³-hybridized carbons (Fsp3) is 0.250. The quantitative estimate of drug-likeness (QED) is 0.335. The van der Waals surface area contributed by atoms with Gasteiger partial charge in [-0.25, -0.2) is 0 Å². The number of benzene rings is 2. The van der Waals surface area contributed by atoms with E-state index < -0.39 is 17.7 Å². The first-order chi connectivity index (χ1) is 15.5. The Kier molecular flexibility index (Phi) is 5.87. The van der Waals surface area contributed by atoms with Gasteiger partial charge in [-0.3, -0.25) is 9.59 Å². The van der Waals surface area contributed by atoms with E-state index >= 15 is 0 Å². The van der Waals surface area contributed by atoms with E-state index in [0.29, 0.717) is 17.1 Å². The lowest BCUT2D eigenvalue weighted by Crippen LogP contribution is -2.32. The zero-order chi connectivity index (χ0) is 22.8. The van der Waals surface area contributed by atoms with Crippen molar-refractivity contribution in [1.82, 2.24) is 9.88 Å². The van der Waals surface area contributed by atoms with E-state index in [0.717, 1.165) is 16.5 Å². The van der Waals surface area contributed by atoms with E-state index in [1.165, 1.54) is 26.2 Å². The molecule has 4 rings (SSSR count). The van der Waals surface area contributed by atoms with E-state index in [4.69, 9.17) is 14.2 Å². The normalized spacial score (nSPS) is 17.8. The third-order valence-corrected chi connectivity index (χ3v) is 5.65. The summed E-state index contributed by atoms with van der Waals surface area (Å²) in [4.78, 5) is 30.7. The van der Waals surface area contributed by atoms with Crippen LogP contribution in [0.1, 0.15) is 17.2 Å². The summed E-state index contributed by atoms with van der Waals surface area (Å²) in [7, 11) is 4.52. The number of hydrogen-bond acceptors (Lipinski definition) is 6. The summed E-state index contributed by atoms with van der Waals surface area (Å²) in [6, 6.07) is 11.7. The summed E-state index contributed by atoms with van der Waals surface area (Å²) in [5, 5.41) is 12.1. The SMILES string of the molecule is COCCN1C(=O)C(=O)/C(=C(/O)c2ccc(OC)c(OC)c2)C1c1c[nH]c2ccccc12. The lowest BCUT2D eigenvalue weighted by atomic mass is 9.95. The Labute approximate surface area is 185 Å². The highest BCUT2D eigenvalue weighted by Crippen LogP contribution is 2.42. The summed E-state index contributed by atoms with van der Waals surface area (Å²) in [5.41, 5.74) is 1.95. The van der Waals surface area contributed by atoms with Crippen molar-refractivity contribution in [3.63, 3.8) is 0 Å². The molecule has 1 atom stereocenters. The molecule has 1 unspecified atom stereocenters. The van der Waals surface area contributed by atoms with Crippen LogP contribution in [0.2, 0.25) is 0 Å². The molecular formula is C24H24N2O6. The zero-order valence-electron chi connectivity index (χ0n) is 18.0. The van der Waals surface area contributed by atoms with Crippen LogP contribution in [0.3, 0.4) is 0 Å². The second-order valence-corrected chi connectivity index (χ2v) is 7.34. The van der Waals surface area contributed by atoms with Gasteiger partial charge in [0.05, 0.1) is 32.4 Å². The summed E-state index contributed by atoms with van der Waals surface area (Å²) in [5.74, 6) is -0.825. The maximum absolute atomic E-state index is 13.1. The summed E-state index contributed by atoms with van der Waals surface area (Å²) >= 11 is 0. The second kappa shape index (κ2) is 8.76. The molecule has 2 heterocycles. The summed E-state index contributed by atoms with van der Waals surface area (Å²) in [6.07, 6.45) is 1.77. The number of methoxy groups -OCH3 is 3. The average Bonchev–Trinajstić information content (AvgIpc) is 3.35. The first-order valence-electron chi connectivity index (χ1n) is 10.1. The second-order valence-electron chi connectivity index (χ2n) is 7.34. The molecule has 8 nitrogen and oxygen atoms in total. The Morgan fingerprint density at radius 2 is 1.81 bits per heavy atom. The number of fused-ring (bicyclic) bond motifs is 1. The van der Waals surface area contributed by atoms with Crippen LogP contribution in [0.5, 0.6) is 11.5 Å². The number of aromatic nitrogens is 1. The minimum absolute atomic E-state index is 0.0167. The highest BCUT2D eigenvalue weighted by Gasteiger charge is 2.46. The van der Waals surface area contributed by atoms with E-state index in [1.54, 1.807) is 24.4 Å². The van der Waals surface area contributed by atoms with Gasteiger partial charge >= 0.3 is 0 Å². The number of rotatable bonds is 7. The Hall–Kier alpha value is -3.78. The van der Waals surface area contributed by atoms with Gasteiger partial charge in [0.15, 0.2) is 11.5 Å². The van der Waals surface area contributed by atoms with Gasteiger partial charge in [-0.1, -0.05) is 18.2 Å². The summed E-state index contributed by atoms with van der Waals surface area (Å²) in [6.45, 7) is 0.455. The van der Waals surface area contributed by atoms with Crippen LogP contribution in [-0.4, -0.2) is 61.2 Å². The minimum Gasteiger partial charge on any atom is -0.507 e. The third-order valence-electron chi connectivity index (χ3n) is 5.65. The first kappa shape index (κ1) is 21.5. The number of ether oxygens (including phenoxy) is 3. The Balaban J connectivity index is 1.91. The van der Waals surface area contributed by atoms with Crippen molar-refractivity contribution in [2.75, 3.05) is 34.5 Å². The molecule has 2 N–H and O–H groups in total. The predicted molar refractivity (Wildman–Crippen MR) is 119 cm³/mol. The average molecular weight is 436 g/mol. The molecule has 0 spiro atoms. The number of aliphatic hydroxyl groups is 1. The van der Waals surface area contributed by atoms with Gasteiger partial charge in [-0.15, -0.1) is 0 Å². The smallest absolute Gasteiger partial charge is 0.295 e. The molecule has 0 aliphatic carbocycles. The van der Waals surface area contributed by atoms with Crippen LogP contribution in [0, 0.1) is 0 Å². The van der Waals surface area contributed by atoms with Crippen molar-refractivity contribution in [1.29, 1.82) is 0 Å². The first-order valence-corrected chi connectivity index (χ1v) is 10.1. The molecule has 1 fully saturated rings. The maximum atomic E-state index is 13.1. The number of H-pyrrole nitrogens is 1. The van der Waals surface area contributed by atoms with Gasteiger partial charge in [-0.2, -0.15) is 0 Å². The number of Topliss-reactive ketones (excluding diaryl/α,β-unsaturated/α-hetero) is 1. The van der Waals surface area contributed by atoms with E-state index in [9.17, 15) is 14.7 Å². The van der Waals surface area contributed by atoms with E-state index in [1.807, 2.05) is 24.3 Å². The van der Waals surface area contributed by atoms with Gasteiger partial charge in [0.25, 0.3) is 11.7 Å². The molecule has 2 aromatic carbocycles. The lowest BCUT2D eigenvalue weighted by Gasteiger charge is -2.24. The molecule has 1 aromatic heterocycles. The number of aliphatic hydroxyl groups excluding tert-OH is 1. The molecule has 32 heavy (non-hydrogen) atoms. The number of ketones is 1. The monoisotopic (exact) mass is 436 g/mol. The highest BCUT2D eigenvalue weighted by atomic mass is 16.5. The predicted octanol–water partition coefficient (Wildman–Crippen LogP) is 3.25. The summed E-state index contributed by atoms with van der Waals surface area (Å²) < 4.78 is 15.7. The van der Waals surface area contributed by atoms with Crippen molar-refractivity contribution < 1.29 is 28.9 Å². The number of hydrogen-bond donors (Lipinski definition) is 2. The Bertz CT molecular complexity index is 1210. The van der Waals surface area contributed by atoms with Crippen molar-refractivity contribution in [2.45, 2.75) is 6.04 Å². The topological polar surface area (TPSA) is 101 Å². The molecule has 3 aromatic rings. The maximum Gasteiger partial charge on any atom is 0.295 e. The number of carbonyl (C=O) groups excluding carboxylic acids is 2. The van der Waals surface area contributed by atoms with Crippen LogP contribution >= 0.6 is 0 Å². The van der Waals surface area contributed by atoms with Gasteiger partial charge in [0.1, 0.15) is 5.76 Å². The number of aromatic amines is 1. The van der Waals surface area contributed by atoms with E-state index in [-0.39, 0.29) is 24.5 Å². The molecule has 0 radical (unpaired) electrons. The lowest BCUT2D eigenvalue weighted by molar-refractivity contribution is -0.140. The Morgan fingerprint density at radius 3 is 2.53 bits per heavy atom. The van der Waals surface area contributed by atoms with Crippen LogP contribution in [0.4, 0.5) is 0 Å². The molecule has 1 saturated heterocycles. The fourth-order valence-electron chi connectivity index (χ4n) is 4.08. The number of carbonyl (C=O) groups is 2. The Morgan fingerprint density at radius 1 is 1.06 bits per heavy atom. The molecular weight excluding hydrogens is 412 g/mol. The molecule has 0 bridgehead atoms. The van der Waals surface area contributed by atoms with Crippen molar-refractivity contribution in [3.8, 4) is 11.5 Å². The number of para-hydroxylation sites is 1. The number of nitrogens with zero attached hydrogens (tertiary/aromatic N) is 1. The van der Waals surface area contributed by atoms with Crippen LogP contribution in [0.25, 0.3) is 16.7 Å². The van der Waals surface area contributed by atoms with Crippen molar-refractivity contribution in [2.24, 2.45) is 0 Å². The molecule has 1 aliphatic heterocycles. The van der Waals surface area contributed by atoms with Crippen LogP contribution in [0.15, 0.2) is 54.2 Å². The van der Waals surface area contributed by atoms with Gasteiger partial charge in [-0.05, 0) is 24.3 Å². The molecule has 1 amide bonds. The van der Waals surface area contributed by atoms with Gasteiger partial charge < -0.3 is 29.2 Å². The molecule has 1 aliphatic rings. The third kappa shape index (κ3) is 3.48. The van der Waals surface area contributed by atoms with Crippen molar-refractivity contribution in [3.05, 3.63) is 65.4 Å². The zero-order valence-corrected chi connectivity index (χ0v) is 18.0. The standard InChI is InChI=1S/C24H24N2O6/c1-30-11-10-26-21(16-13-25-17-7-5-4-6-15(16)17)20(23(28)24(26)29)22(27)14-8-9-18(31-2)19(12-14)32-3/h4-9,12-13,21,25,27H,10-11H2,1-3H3/b22-20+. The van der Waals surface area contributed by atoms with E-state index in [2.05, 4.69) is 4.98 Å².